The maximum atomic E-state index is 11.1. The predicted molar refractivity (Wildman–Crippen MR) is 86.9 cm³/mol. The van der Waals surface area contributed by atoms with E-state index in [1.165, 1.54) is 6.07 Å². The van der Waals surface area contributed by atoms with Crippen LogP contribution < -0.4 is 5.32 Å². The van der Waals surface area contributed by atoms with Crippen molar-refractivity contribution in [2.75, 3.05) is 18.5 Å². The fourth-order valence-electron chi connectivity index (χ4n) is 2.95. The Labute approximate surface area is 137 Å². The number of non-ortho nitro benzene ring substituents is 1. The Bertz CT molecular complexity index is 752. The minimum Gasteiger partial charge on any atom is -0.394 e. The summed E-state index contributed by atoms with van der Waals surface area (Å²) in [5, 5.41) is 44.2. The number of hydrogen-bond acceptors (Lipinski definition) is 7. The molecule has 2 aromatic rings. The number of fused-ring (bicyclic) bond motifs is 1. The van der Waals surface area contributed by atoms with E-state index in [2.05, 4.69) is 5.32 Å². The highest BCUT2D eigenvalue weighted by molar-refractivity contribution is 5.99. The number of hydrogen-bond donors (Lipinski definition) is 4. The zero-order chi connectivity index (χ0) is 17.3. The summed E-state index contributed by atoms with van der Waals surface area (Å²) >= 11 is 0. The Morgan fingerprint density at radius 3 is 2.38 bits per heavy atom. The maximum Gasteiger partial charge on any atom is 0.277 e. The average molecular weight is 334 g/mol. The Kier molecular flexibility index (Phi) is 4.63. The van der Waals surface area contributed by atoms with E-state index in [9.17, 15) is 20.3 Å². The third-order valence-electron chi connectivity index (χ3n) is 4.23. The quantitative estimate of drug-likeness (QED) is 0.467. The average Bonchev–Trinajstić information content (AvgIpc) is 2.87. The number of aliphatic hydroxyl groups is 3. The lowest BCUT2D eigenvalue weighted by molar-refractivity contribution is -0.383. The Morgan fingerprint density at radius 1 is 1.08 bits per heavy atom. The van der Waals surface area contributed by atoms with Gasteiger partial charge in [0.1, 0.15) is 24.4 Å². The highest BCUT2D eigenvalue weighted by Gasteiger charge is 2.41. The molecule has 4 N–H and O–H groups in total. The third kappa shape index (κ3) is 2.92. The van der Waals surface area contributed by atoms with E-state index in [4.69, 9.17) is 9.84 Å². The van der Waals surface area contributed by atoms with E-state index >= 15 is 0 Å². The largest absolute Gasteiger partial charge is 0.394 e. The number of nitrogens with one attached hydrogen (secondary N) is 1. The third-order valence-corrected chi connectivity index (χ3v) is 4.23. The van der Waals surface area contributed by atoms with E-state index in [0.29, 0.717) is 16.5 Å². The van der Waals surface area contributed by atoms with E-state index in [1.807, 2.05) is 0 Å². The van der Waals surface area contributed by atoms with Crippen molar-refractivity contribution < 1.29 is 25.0 Å². The van der Waals surface area contributed by atoms with Crippen LogP contribution in [-0.2, 0) is 4.74 Å². The molecule has 0 bridgehead atoms. The fourth-order valence-corrected chi connectivity index (χ4v) is 2.95. The zero-order valence-corrected chi connectivity index (χ0v) is 12.7. The van der Waals surface area contributed by atoms with Crippen LogP contribution in [0.2, 0.25) is 0 Å². The molecule has 0 aromatic heterocycles. The molecule has 8 heteroatoms. The van der Waals surface area contributed by atoms with E-state index in [0.717, 1.165) is 0 Å². The van der Waals surface area contributed by atoms with Gasteiger partial charge in [-0.3, -0.25) is 10.1 Å². The lowest BCUT2D eigenvalue weighted by Crippen LogP contribution is -2.36. The van der Waals surface area contributed by atoms with Crippen molar-refractivity contribution >= 4 is 22.1 Å². The molecule has 0 aliphatic carbocycles. The molecule has 1 fully saturated rings. The summed E-state index contributed by atoms with van der Waals surface area (Å²) in [6.07, 6.45) is -3.76. The van der Waals surface area contributed by atoms with Gasteiger partial charge in [-0.25, -0.2) is 0 Å². The van der Waals surface area contributed by atoms with Crippen LogP contribution in [0.1, 0.15) is 0 Å². The minimum absolute atomic E-state index is 0.0177. The molecule has 8 nitrogen and oxygen atoms in total. The van der Waals surface area contributed by atoms with Crippen LogP contribution in [0, 0.1) is 10.1 Å². The number of rotatable bonds is 5. The van der Waals surface area contributed by atoms with Gasteiger partial charge in [0.25, 0.3) is 5.69 Å². The van der Waals surface area contributed by atoms with E-state index in [-0.39, 0.29) is 18.8 Å². The molecule has 0 unspecified atom stereocenters. The molecule has 128 valence electrons. The maximum absolute atomic E-state index is 11.1. The summed E-state index contributed by atoms with van der Waals surface area (Å²) in [5.74, 6) is 0. The first-order valence-corrected chi connectivity index (χ1v) is 7.55. The van der Waals surface area contributed by atoms with Crippen molar-refractivity contribution in [2.24, 2.45) is 0 Å². The van der Waals surface area contributed by atoms with Gasteiger partial charge in [0.2, 0.25) is 0 Å². The van der Waals surface area contributed by atoms with E-state index in [1.54, 1.807) is 30.3 Å². The van der Waals surface area contributed by atoms with E-state index < -0.39 is 29.3 Å². The smallest absolute Gasteiger partial charge is 0.277 e. The van der Waals surface area contributed by atoms with Crippen LogP contribution in [0.3, 0.4) is 0 Å². The molecule has 1 aliphatic heterocycles. The Hall–Kier alpha value is -2.26. The highest BCUT2D eigenvalue weighted by Crippen LogP contribution is 2.31. The Morgan fingerprint density at radius 2 is 1.75 bits per heavy atom. The van der Waals surface area contributed by atoms with Crippen LogP contribution >= 0.6 is 0 Å². The van der Waals surface area contributed by atoms with Crippen LogP contribution in [0.25, 0.3) is 10.8 Å². The molecule has 1 aliphatic rings. The number of nitrogens with zero attached hydrogens (tertiary/aromatic N) is 1. The van der Waals surface area contributed by atoms with Gasteiger partial charge in [-0.05, 0) is 12.1 Å². The molecule has 1 heterocycles. The van der Waals surface area contributed by atoms with Gasteiger partial charge < -0.3 is 25.4 Å². The number of benzene rings is 2. The summed E-state index contributed by atoms with van der Waals surface area (Å²) in [4.78, 5) is 10.7. The molecule has 4 atom stereocenters. The van der Waals surface area contributed by atoms with Gasteiger partial charge in [-0.1, -0.05) is 18.2 Å². The fraction of sp³-hybridized carbons (Fsp3) is 0.375. The predicted octanol–water partition coefficient (Wildman–Crippen LogP) is 0.641. The normalized spacial score (nSPS) is 26.6. The second-order valence-corrected chi connectivity index (χ2v) is 5.69. The van der Waals surface area contributed by atoms with Crippen LogP contribution in [0.4, 0.5) is 11.4 Å². The SMILES string of the molecule is O=[N+]([O-])c1ccc(NC[C@H]2O[C@H](CO)[C@@H](O)[C@@H]2O)c2ccccc12. The molecule has 2 aromatic carbocycles. The molecule has 24 heavy (non-hydrogen) atoms. The first-order valence-electron chi connectivity index (χ1n) is 7.55. The highest BCUT2D eigenvalue weighted by atomic mass is 16.6. The molecular formula is C16H18N2O6. The lowest BCUT2D eigenvalue weighted by atomic mass is 10.1. The van der Waals surface area contributed by atoms with Crippen LogP contribution in [-0.4, -0.2) is 57.8 Å². The number of anilines is 1. The minimum atomic E-state index is -1.14. The Balaban J connectivity index is 1.82. The van der Waals surface area contributed by atoms with Gasteiger partial charge in [0, 0.05) is 23.7 Å². The lowest BCUT2D eigenvalue weighted by Gasteiger charge is -2.17. The number of ether oxygens (including phenoxy) is 1. The van der Waals surface area contributed by atoms with Gasteiger partial charge in [0.05, 0.1) is 16.9 Å². The topological polar surface area (TPSA) is 125 Å². The molecule has 3 rings (SSSR count). The molecule has 0 amide bonds. The summed E-state index contributed by atoms with van der Waals surface area (Å²) in [6, 6.07) is 9.96. The standard InChI is InChI=1S/C16H18N2O6/c19-8-14-16(21)15(20)13(24-14)7-17-11-5-6-12(18(22)23)10-4-2-1-3-9(10)11/h1-6,13-17,19-21H,7-8H2/t13-,14-,15-,16-/m1/s1. The number of aliphatic hydroxyl groups excluding tert-OH is 3. The van der Waals surface area contributed by atoms with Gasteiger partial charge in [-0.15, -0.1) is 0 Å². The number of nitro benzene ring substituents is 1. The second-order valence-electron chi connectivity index (χ2n) is 5.69. The second kappa shape index (κ2) is 6.70. The van der Waals surface area contributed by atoms with Gasteiger partial charge >= 0.3 is 0 Å². The molecule has 0 radical (unpaired) electrons. The van der Waals surface area contributed by atoms with Crippen LogP contribution in [0.5, 0.6) is 0 Å². The molecule has 0 spiro atoms. The van der Waals surface area contributed by atoms with Crippen molar-refractivity contribution in [1.29, 1.82) is 0 Å². The zero-order valence-electron chi connectivity index (χ0n) is 12.7. The summed E-state index contributed by atoms with van der Waals surface area (Å²) < 4.78 is 5.41. The van der Waals surface area contributed by atoms with Crippen LogP contribution in [0.15, 0.2) is 36.4 Å². The van der Waals surface area contributed by atoms with Gasteiger partial charge in [0.15, 0.2) is 0 Å². The first-order chi connectivity index (χ1) is 11.5. The van der Waals surface area contributed by atoms with Crippen molar-refractivity contribution in [3.05, 3.63) is 46.5 Å². The number of nitro groups is 1. The summed E-state index contributed by atoms with van der Waals surface area (Å²) in [7, 11) is 0. The van der Waals surface area contributed by atoms with Crippen molar-refractivity contribution in [1.82, 2.24) is 0 Å². The molecule has 1 saturated heterocycles. The molecule has 0 saturated carbocycles. The van der Waals surface area contributed by atoms with Crippen molar-refractivity contribution in [2.45, 2.75) is 24.4 Å². The van der Waals surface area contributed by atoms with Crippen molar-refractivity contribution in [3.63, 3.8) is 0 Å². The van der Waals surface area contributed by atoms with Gasteiger partial charge in [-0.2, -0.15) is 0 Å². The first kappa shape index (κ1) is 16.6. The monoisotopic (exact) mass is 334 g/mol. The van der Waals surface area contributed by atoms with Crippen molar-refractivity contribution in [3.8, 4) is 0 Å². The summed E-state index contributed by atoms with van der Waals surface area (Å²) in [5.41, 5.74) is 0.679. The summed E-state index contributed by atoms with van der Waals surface area (Å²) in [6.45, 7) is -0.189. The molecular weight excluding hydrogens is 316 g/mol.